The summed E-state index contributed by atoms with van der Waals surface area (Å²) in [4.78, 5) is 31.4. The average Bonchev–Trinajstić information content (AvgIpc) is 3.48. The van der Waals surface area contributed by atoms with Crippen molar-refractivity contribution in [2.45, 2.75) is 19.6 Å². The Labute approximate surface area is 225 Å². The van der Waals surface area contributed by atoms with Crippen LogP contribution >= 0.6 is 38.9 Å². The predicted octanol–water partition coefficient (Wildman–Crippen LogP) is 5.20. The smallest absolute Gasteiger partial charge is 0.355 e. The van der Waals surface area contributed by atoms with Gasteiger partial charge in [-0.3, -0.25) is 9.59 Å². The number of rotatable bonds is 6. The monoisotopic (exact) mass is 613 g/mol. The van der Waals surface area contributed by atoms with Gasteiger partial charge in [-0.2, -0.15) is 18.0 Å². The largest absolute Gasteiger partial charge is 0.455 e. The van der Waals surface area contributed by atoms with E-state index in [1.807, 2.05) is 0 Å². The van der Waals surface area contributed by atoms with Crippen molar-refractivity contribution in [3.8, 4) is 10.4 Å². The second-order valence-corrected chi connectivity index (χ2v) is 9.99. The topological polar surface area (TPSA) is 115 Å². The van der Waals surface area contributed by atoms with Crippen LogP contribution < -0.4 is 10.6 Å². The lowest BCUT2D eigenvalue weighted by Crippen LogP contribution is -2.22. The van der Waals surface area contributed by atoms with Crippen molar-refractivity contribution in [1.82, 2.24) is 30.5 Å². The third kappa shape index (κ3) is 5.81. The molecule has 192 valence electrons. The molecule has 2 amide bonds. The second kappa shape index (κ2) is 10.6. The Morgan fingerprint density at radius 1 is 1.19 bits per heavy atom. The summed E-state index contributed by atoms with van der Waals surface area (Å²) in [7, 11) is 1.47. The van der Waals surface area contributed by atoms with Crippen LogP contribution in [0.25, 0.3) is 10.4 Å². The number of nitrogens with one attached hydrogen (secondary N) is 2. The molecule has 4 aromatic rings. The number of hydrogen-bond acceptors (Lipinski definition) is 7. The molecule has 9 nitrogen and oxygen atoms in total. The van der Waals surface area contributed by atoms with E-state index in [0.29, 0.717) is 25.5 Å². The minimum absolute atomic E-state index is 0.0329. The van der Waals surface area contributed by atoms with Crippen molar-refractivity contribution in [3.05, 3.63) is 73.5 Å². The molecule has 37 heavy (non-hydrogen) atoms. The average molecular weight is 615 g/mol. The molecule has 0 atom stereocenters. The molecule has 0 unspecified atom stereocenters. The van der Waals surface area contributed by atoms with Gasteiger partial charge in [0.05, 0.1) is 16.1 Å². The van der Waals surface area contributed by atoms with Crippen LogP contribution in [0.5, 0.6) is 0 Å². The van der Waals surface area contributed by atoms with Crippen molar-refractivity contribution < 1.29 is 22.8 Å². The third-order valence-electron chi connectivity index (χ3n) is 5.00. The molecule has 2 heterocycles. The Balaban J connectivity index is 1.75. The van der Waals surface area contributed by atoms with Gasteiger partial charge in [0.15, 0.2) is 0 Å². The highest BCUT2D eigenvalue weighted by molar-refractivity contribution is 9.10. The van der Waals surface area contributed by atoms with Gasteiger partial charge < -0.3 is 10.6 Å². The number of thiazole rings is 1. The minimum atomic E-state index is -4.75. The van der Waals surface area contributed by atoms with E-state index in [-0.39, 0.29) is 28.5 Å². The molecule has 2 N–H and O–H groups in total. The van der Waals surface area contributed by atoms with Crippen molar-refractivity contribution in [1.29, 1.82) is 0 Å². The van der Waals surface area contributed by atoms with Crippen molar-refractivity contribution in [2.75, 3.05) is 12.4 Å². The number of carbonyl (C=O) groups is 2. The fourth-order valence-electron chi connectivity index (χ4n) is 3.35. The Kier molecular flexibility index (Phi) is 7.62. The molecule has 0 saturated heterocycles. The number of carbonyl (C=O) groups excluding carboxylic acids is 2. The second-order valence-electron chi connectivity index (χ2n) is 7.58. The summed E-state index contributed by atoms with van der Waals surface area (Å²) in [5.74, 6) is -2.45. The molecular formula is C22H16BrClF3N7O2S. The molecule has 0 fully saturated rings. The van der Waals surface area contributed by atoms with Gasteiger partial charge in [0.2, 0.25) is 0 Å². The van der Waals surface area contributed by atoms with Crippen molar-refractivity contribution >= 4 is 56.4 Å². The Bertz CT molecular complexity index is 1510. The fraction of sp³-hybridized carbons (Fsp3) is 0.182. The van der Waals surface area contributed by atoms with E-state index in [2.05, 4.69) is 47.0 Å². The molecule has 2 aromatic carbocycles. The van der Waals surface area contributed by atoms with Gasteiger partial charge in [-0.15, -0.1) is 21.5 Å². The van der Waals surface area contributed by atoms with Crippen LogP contribution in [0.1, 0.15) is 37.2 Å². The Morgan fingerprint density at radius 2 is 1.92 bits per heavy atom. The maximum absolute atomic E-state index is 13.5. The van der Waals surface area contributed by atoms with Gasteiger partial charge in [0.1, 0.15) is 17.2 Å². The number of tetrazole rings is 1. The number of aromatic nitrogens is 5. The number of anilines is 1. The zero-order valence-corrected chi connectivity index (χ0v) is 22.2. The molecule has 4 rings (SSSR count). The lowest BCUT2D eigenvalue weighted by Gasteiger charge is -2.14. The maximum Gasteiger partial charge on any atom is 0.455 e. The quantitative estimate of drug-likeness (QED) is 0.309. The van der Waals surface area contributed by atoms with Gasteiger partial charge in [-0.25, -0.2) is 4.98 Å². The summed E-state index contributed by atoms with van der Waals surface area (Å²) >= 11 is 10.8. The van der Waals surface area contributed by atoms with E-state index < -0.39 is 23.8 Å². The molecule has 0 radical (unpaired) electrons. The summed E-state index contributed by atoms with van der Waals surface area (Å²) < 4.78 is 39.3. The zero-order valence-electron chi connectivity index (χ0n) is 19.0. The number of benzene rings is 2. The highest BCUT2D eigenvalue weighted by atomic mass is 79.9. The highest BCUT2D eigenvalue weighted by Crippen LogP contribution is 2.36. The molecule has 15 heteroatoms. The van der Waals surface area contributed by atoms with Gasteiger partial charge in [0.25, 0.3) is 17.6 Å². The van der Waals surface area contributed by atoms with Gasteiger partial charge >= 0.3 is 6.18 Å². The molecule has 0 spiro atoms. The standard InChI is InChI=1S/C22H16BrClF3N7O2S/c1-10-7-11(23)8-13(19(35)28-2)16(10)30-20(36)17-18(12-5-3-4-6-14(12)24)37-15(29-17)9-34-32-21(31-33-34)22(25,26)27/h3-8H,9H2,1-2H3,(H,28,35)(H,30,36). The Hall–Kier alpha value is -3.36. The van der Waals surface area contributed by atoms with Crippen LogP contribution in [-0.2, 0) is 12.7 Å². The zero-order chi connectivity index (χ0) is 26.9. The van der Waals surface area contributed by atoms with E-state index >= 15 is 0 Å². The molecule has 0 aliphatic rings. The van der Waals surface area contributed by atoms with E-state index in [0.717, 1.165) is 16.1 Å². The van der Waals surface area contributed by atoms with Crippen LogP contribution in [0.4, 0.5) is 18.9 Å². The van der Waals surface area contributed by atoms with Crippen molar-refractivity contribution in [3.63, 3.8) is 0 Å². The summed E-state index contributed by atoms with van der Waals surface area (Å²) in [5, 5.41) is 15.7. The van der Waals surface area contributed by atoms with Crippen LogP contribution in [-0.4, -0.2) is 44.1 Å². The van der Waals surface area contributed by atoms with E-state index in [4.69, 9.17) is 11.6 Å². The van der Waals surface area contributed by atoms with Gasteiger partial charge in [-0.1, -0.05) is 45.7 Å². The lowest BCUT2D eigenvalue weighted by molar-refractivity contribution is -0.145. The number of aryl methyl sites for hydroxylation is 1. The van der Waals surface area contributed by atoms with Crippen LogP contribution in [0, 0.1) is 6.92 Å². The Morgan fingerprint density at radius 3 is 2.57 bits per heavy atom. The fourth-order valence-corrected chi connectivity index (χ4v) is 5.29. The highest BCUT2D eigenvalue weighted by Gasteiger charge is 2.37. The number of halogens is 5. The van der Waals surface area contributed by atoms with Gasteiger partial charge in [0, 0.05) is 22.1 Å². The minimum Gasteiger partial charge on any atom is -0.355 e. The first-order chi connectivity index (χ1) is 17.5. The molecule has 0 aliphatic heterocycles. The van der Waals surface area contributed by atoms with Crippen LogP contribution in [0.3, 0.4) is 0 Å². The predicted molar refractivity (Wildman–Crippen MR) is 135 cm³/mol. The number of nitrogens with zero attached hydrogens (tertiary/aromatic N) is 5. The number of hydrogen-bond donors (Lipinski definition) is 2. The normalized spacial score (nSPS) is 11.4. The molecule has 0 aliphatic carbocycles. The first-order valence-electron chi connectivity index (χ1n) is 10.4. The van der Waals surface area contributed by atoms with Crippen molar-refractivity contribution in [2.24, 2.45) is 0 Å². The van der Waals surface area contributed by atoms with E-state index in [1.54, 1.807) is 43.3 Å². The van der Waals surface area contributed by atoms with Crippen LogP contribution in [0.15, 0.2) is 40.9 Å². The third-order valence-corrected chi connectivity index (χ3v) is 6.86. The summed E-state index contributed by atoms with van der Waals surface area (Å²) in [6, 6.07) is 10.1. The molecular weight excluding hydrogens is 599 g/mol. The number of alkyl halides is 3. The first-order valence-corrected chi connectivity index (χ1v) is 12.4. The summed E-state index contributed by atoms with van der Waals surface area (Å²) in [6.45, 7) is 1.46. The maximum atomic E-state index is 13.5. The van der Waals surface area contributed by atoms with E-state index in [9.17, 15) is 22.8 Å². The molecule has 0 saturated carbocycles. The number of amides is 2. The lowest BCUT2D eigenvalue weighted by atomic mass is 10.1. The van der Waals surface area contributed by atoms with Gasteiger partial charge in [-0.05, 0) is 35.9 Å². The van der Waals surface area contributed by atoms with Crippen LogP contribution in [0.2, 0.25) is 5.02 Å². The molecule has 2 aromatic heterocycles. The van der Waals surface area contributed by atoms with E-state index in [1.165, 1.54) is 7.05 Å². The molecule has 0 bridgehead atoms. The summed E-state index contributed by atoms with van der Waals surface area (Å²) in [5.41, 5.74) is 1.58. The summed E-state index contributed by atoms with van der Waals surface area (Å²) in [6.07, 6.45) is -4.75. The first kappa shape index (κ1) is 26.7. The SMILES string of the molecule is CNC(=O)c1cc(Br)cc(C)c1NC(=O)c1nc(Cn2nnc(C(F)(F)F)n2)sc1-c1ccccc1Cl.